The molecule has 0 aromatic heterocycles. The molecule has 0 aliphatic heterocycles. The second-order valence-electron chi connectivity index (χ2n) is 5.23. The van der Waals surface area contributed by atoms with Crippen molar-refractivity contribution >= 4 is 0 Å². The molecule has 0 saturated heterocycles. The fraction of sp³-hybridized carbons (Fsp3) is 1.00. The molecule has 0 aliphatic carbocycles. The lowest BCUT2D eigenvalue weighted by Crippen LogP contribution is -2.48. The monoisotopic (exact) mass is 216 g/mol. The van der Waals surface area contributed by atoms with Gasteiger partial charge in [0.2, 0.25) is 0 Å². The van der Waals surface area contributed by atoms with Gasteiger partial charge in [-0.2, -0.15) is 0 Å². The molecular weight excluding hydrogens is 188 g/mol. The molecule has 0 heterocycles. The van der Waals surface area contributed by atoms with Crippen LogP contribution in [0.1, 0.15) is 34.1 Å². The van der Waals surface area contributed by atoms with Gasteiger partial charge in [0.15, 0.2) is 0 Å². The van der Waals surface area contributed by atoms with E-state index in [4.69, 9.17) is 10.5 Å². The third-order valence-electron chi connectivity index (χ3n) is 2.94. The van der Waals surface area contributed by atoms with Crippen LogP contribution in [0.2, 0.25) is 0 Å². The van der Waals surface area contributed by atoms with Gasteiger partial charge in [-0.15, -0.1) is 0 Å². The number of likely N-dealkylation sites (N-methyl/N-ethyl adjacent to an activating group) is 1. The summed E-state index contributed by atoms with van der Waals surface area (Å²) in [5.74, 6) is 0.725. The molecule has 3 nitrogen and oxygen atoms in total. The molecule has 0 fully saturated rings. The van der Waals surface area contributed by atoms with E-state index in [9.17, 15) is 0 Å². The topological polar surface area (TPSA) is 38.5 Å². The molecule has 0 unspecified atom stereocenters. The first-order valence-corrected chi connectivity index (χ1v) is 5.89. The molecule has 92 valence electrons. The van der Waals surface area contributed by atoms with Gasteiger partial charge in [-0.3, -0.25) is 4.90 Å². The van der Waals surface area contributed by atoms with Gasteiger partial charge in [-0.05, 0) is 33.2 Å². The predicted octanol–water partition coefficient (Wildman–Crippen LogP) is 1.72. The van der Waals surface area contributed by atoms with Gasteiger partial charge in [0.1, 0.15) is 0 Å². The van der Waals surface area contributed by atoms with Gasteiger partial charge in [-0.25, -0.2) is 0 Å². The van der Waals surface area contributed by atoms with Crippen LogP contribution >= 0.6 is 0 Å². The normalized spacial score (nSPS) is 12.8. The van der Waals surface area contributed by atoms with Crippen molar-refractivity contribution in [2.45, 2.75) is 39.7 Å². The first-order chi connectivity index (χ1) is 6.90. The van der Waals surface area contributed by atoms with Gasteiger partial charge in [0, 0.05) is 25.2 Å². The van der Waals surface area contributed by atoms with Crippen molar-refractivity contribution in [3.8, 4) is 0 Å². The van der Waals surface area contributed by atoms with Crippen molar-refractivity contribution in [3.05, 3.63) is 0 Å². The van der Waals surface area contributed by atoms with E-state index in [-0.39, 0.29) is 5.54 Å². The Balaban J connectivity index is 3.51. The second kappa shape index (κ2) is 7.20. The maximum absolute atomic E-state index is 5.69. The molecule has 0 bridgehead atoms. The summed E-state index contributed by atoms with van der Waals surface area (Å²) in [6, 6.07) is 0. The molecular formula is C12H28N2O. The molecule has 0 saturated carbocycles. The fourth-order valence-corrected chi connectivity index (χ4v) is 1.08. The van der Waals surface area contributed by atoms with Crippen molar-refractivity contribution in [3.63, 3.8) is 0 Å². The van der Waals surface area contributed by atoms with E-state index in [1.54, 1.807) is 0 Å². The molecule has 0 amide bonds. The number of hydrogen-bond acceptors (Lipinski definition) is 3. The summed E-state index contributed by atoms with van der Waals surface area (Å²) in [6.07, 6.45) is 1.14. The van der Waals surface area contributed by atoms with Crippen LogP contribution in [0.3, 0.4) is 0 Å². The van der Waals surface area contributed by atoms with Crippen LogP contribution in [0.15, 0.2) is 0 Å². The fourth-order valence-electron chi connectivity index (χ4n) is 1.08. The minimum absolute atomic E-state index is 0.0708. The molecule has 0 aromatic carbocycles. The number of nitrogens with two attached hydrogens (primary N) is 1. The molecule has 0 atom stereocenters. The third-order valence-corrected chi connectivity index (χ3v) is 2.94. The number of nitrogens with zero attached hydrogens (tertiary/aromatic N) is 1. The first kappa shape index (κ1) is 14.9. The highest BCUT2D eigenvalue weighted by atomic mass is 16.5. The summed E-state index contributed by atoms with van der Waals surface area (Å²) in [5.41, 5.74) is 5.77. The van der Waals surface area contributed by atoms with Gasteiger partial charge in [0.05, 0.1) is 6.61 Å². The molecule has 0 aliphatic rings. The molecule has 0 spiro atoms. The number of hydrogen-bond donors (Lipinski definition) is 1. The standard InChI is InChI=1S/C12H28N2O/c1-11(2)6-8-15-9-7-14(5)12(3,4)10-13/h11H,6-10,13H2,1-5H3. The first-order valence-electron chi connectivity index (χ1n) is 5.89. The Kier molecular flexibility index (Phi) is 7.14. The maximum Gasteiger partial charge on any atom is 0.0593 e. The minimum Gasteiger partial charge on any atom is -0.380 e. The second-order valence-corrected chi connectivity index (χ2v) is 5.23. The zero-order valence-electron chi connectivity index (χ0n) is 11.0. The van der Waals surface area contributed by atoms with E-state index in [0.29, 0.717) is 6.54 Å². The highest BCUT2D eigenvalue weighted by Gasteiger charge is 2.20. The summed E-state index contributed by atoms with van der Waals surface area (Å²) in [6.45, 7) is 12.0. The summed E-state index contributed by atoms with van der Waals surface area (Å²) >= 11 is 0. The van der Waals surface area contributed by atoms with Crippen LogP contribution in [-0.4, -0.2) is 43.8 Å². The van der Waals surface area contributed by atoms with Gasteiger partial charge < -0.3 is 10.5 Å². The lowest BCUT2D eigenvalue weighted by molar-refractivity contribution is 0.0725. The summed E-state index contributed by atoms with van der Waals surface area (Å²) in [7, 11) is 2.10. The van der Waals surface area contributed by atoms with Crippen molar-refractivity contribution in [2.75, 3.05) is 33.4 Å². The number of ether oxygens (including phenoxy) is 1. The summed E-state index contributed by atoms with van der Waals surface area (Å²) in [4.78, 5) is 2.25. The Hall–Kier alpha value is -0.120. The van der Waals surface area contributed by atoms with Gasteiger partial charge >= 0.3 is 0 Å². The summed E-state index contributed by atoms with van der Waals surface area (Å²) in [5, 5.41) is 0. The van der Waals surface area contributed by atoms with E-state index in [1.807, 2.05) is 0 Å². The molecule has 0 rings (SSSR count). The van der Waals surface area contributed by atoms with Crippen LogP contribution in [0, 0.1) is 5.92 Å². The molecule has 3 heteroatoms. The zero-order valence-corrected chi connectivity index (χ0v) is 11.0. The largest absolute Gasteiger partial charge is 0.380 e. The van der Waals surface area contributed by atoms with Crippen LogP contribution in [0.25, 0.3) is 0 Å². The SMILES string of the molecule is CC(C)CCOCCN(C)C(C)(C)CN. The smallest absolute Gasteiger partial charge is 0.0593 e. The average Bonchev–Trinajstić information content (AvgIpc) is 2.16. The summed E-state index contributed by atoms with van der Waals surface area (Å²) < 4.78 is 5.57. The van der Waals surface area contributed by atoms with Crippen LogP contribution in [0.5, 0.6) is 0 Å². The lowest BCUT2D eigenvalue weighted by atomic mass is 10.0. The Labute approximate surface area is 95.0 Å². The Morgan fingerprint density at radius 2 is 1.87 bits per heavy atom. The molecule has 2 N–H and O–H groups in total. The Morgan fingerprint density at radius 1 is 1.27 bits per heavy atom. The van der Waals surface area contributed by atoms with E-state index in [0.717, 1.165) is 32.1 Å². The van der Waals surface area contributed by atoms with Crippen LogP contribution < -0.4 is 5.73 Å². The van der Waals surface area contributed by atoms with Crippen molar-refractivity contribution in [1.82, 2.24) is 4.90 Å². The van der Waals surface area contributed by atoms with Crippen molar-refractivity contribution in [2.24, 2.45) is 11.7 Å². The Bertz CT molecular complexity index is 158. The third kappa shape index (κ3) is 6.88. The average molecular weight is 216 g/mol. The van der Waals surface area contributed by atoms with E-state index in [2.05, 4.69) is 39.6 Å². The highest BCUT2D eigenvalue weighted by molar-refractivity contribution is 4.79. The molecule has 0 aromatic rings. The van der Waals surface area contributed by atoms with E-state index < -0.39 is 0 Å². The maximum atomic E-state index is 5.69. The van der Waals surface area contributed by atoms with Gasteiger partial charge in [0.25, 0.3) is 0 Å². The van der Waals surface area contributed by atoms with E-state index in [1.165, 1.54) is 0 Å². The molecule has 0 radical (unpaired) electrons. The minimum atomic E-state index is 0.0708. The molecule has 15 heavy (non-hydrogen) atoms. The quantitative estimate of drug-likeness (QED) is 0.628. The lowest BCUT2D eigenvalue weighted by Gasteiger charge is -2.34. The zero-order chi connectivity index (χ0) is 11.9. The van der Waals surface area contributed by atoms with Crippen LogP contribution in [0.4, 0.5) is 0 Å². The van der Waals surface area contributed by atoms with Crippen molar-refractivity contribution < 1.29 is 4.74 Å². The highest BCUT2D eigenvalue weighted by Crippen LogP contribution is 2.09. The van der Waals surface area contributed by atoms with Crippen LogP contribution in [-0.2, 0) is 4.74 Å². The van der Waals surface area contributed by atoms with Crippen molar-refractivity contribution in [1.29, 1.82) is 0 Å². The van der Waals surface area contributed by atoms with E-state index >= 15 is 0 Å². The number of rotatable bonds is 8. The predicted molar refractivity (Wildman–Crippen MR) is 66.0 cm³/mol. The Morgan fingerprint density at radius 3 is 2.33 bits per heavy atom. The van der Waals surface area contributed by atoms with Gasteiger partial charge in [-0.1, -0.05) is 13.8 Å².